The average Bonchev–Trinajstić information content (AvgIpc) is 2.69. The van der Waals surface area contributed by atoms with Gasteiger partial charge in [-0.1, -0.05) is 0 Å². The summed E-state index contributed by atoms with van der Waals surface area (Å²) in [6, 6.07) is 9.45. The van der Waals surface area contributed by atoms with E-state index in [2.05, 4.69) is 0 Å². The minimum Gasteiger partial charge on any atom is -0.366 e. The lowest BCUT2D eigenvalue weighted by Crippen LogP contribution is -2.11. The van der Waals surface area contributed by atoms with Crippen LogP contribution in [0.5, 0.6) is 0 Å². The Morgan fingerprint density at radius 2 is 1.87 bits per heavy atom. The van der Waals surface area contributed by atoms with E-state index in [9.17, 15) is 4.79 Å². The number of primary amides is 1. The number of hydrogen-bond donors (Lipinski definition) is 1. The summed E-state index contributed by atoms with van der Waals surface area (Å²) in [5.74, 6) is -0.396. The van der Waals surface area contributed by atoms with Crippen LogP contribution in [0.3, 0.4) is 0 Å². The number of nitrogens with zero attached hydrogens (tertiary/aromatic N) is 1. The van der Waals surface area contributed by atoms with Crippen molar-refractivity contribution >= 4 is 5.91 Å². The molecule has 0 saturated heterocycles. The molecule has 0 fully saturated rings. The number of carbonyl (C=O) groups is 1. The smallest absolute Gasteiger partial charge is 0.248 e. The maximum absolute atomic E-state index is 11.1. The first-order valence-electron chi connectivity index (χ1n) is 4.71. The third-order valence-electron chi connectivity index (χ3n) is 2.25. The van der Waals surface area contributed by atoms with Gasteiger partial charge in [0.2, 0.25) is 5.91 Å². The summed E-state index contributed by atoms with van der Waals surface area (Å²) in [4.78, 5) is 11.1. The van der Waals surface area contributed by atoms with Crippen molar-refractivity contribution in [2.24, 2.45) is 5.73 Å². The van der Waals surface area contributed by atoms with E-state index in [0.717, 1.165) is 11.3 Å². The molecule has 1 amide bonds. The lowest BCUT2D eigenvalue weighted by molar-refractivity contribution is 0.1000. The molecule has 1 heterocycles. The van der Waals surface area contributed by atoms with Crippen molar-refractivity contribution in [1.29, 1.82) is 0 Å². The number of carbonyl (C=O) groups excluding carboxylic acids is 1. The summed E-state index contributed by atoms with van der Waals surface area (Å²) in [6.45, 7) is 1.94. The monoisotopic (exact) mass is 200 g/mol. The predicted octanol–water partition coefficient (Wildman–Crippen LogP) is 1.88. The van der Waals surface area contributed by atoms with Crippen LogP contribution in [0.15, 0.2) is 42.7 Å². The zero-order chi connectivity index (χ0) is 10.8. The molecule has 3 heteroatoms. The van der Waals surface area contributed by atoms with Crippen molar-refractivity contribution in [3.63, 3.8) is 0 Å². The third kappa shape index (κ3) is 1.91. The van der Waals surface area contributed by atoms with E-state index < -0.39 is 5.91 Å². The van der Waals surface area contributed by atoms with Crippen LogP contribution in [-0.4, -0.2) is 10.5 Å². The van der Waals surface area contributed by atoms with E-state index in [1.54, 1.807) is 12.1 Å². The molecule has 0 radical (unpaired) electrons. The van der Waals surface area contributed by atoms with Crippen LogP contribution in [-0.2, 0) is 0 Å². The molecule has 0 aliphatic heterocycles. The SMILES string of the molecule is Cc1cc(C(N)=O)cc(-n2cccc2)c1. The largest absolute Gasteiger partial charge is 0.366 e. The third-order valence-corrected chi connectivity index (χ3v) is 2.25. The van der Waals surface area contributed by atoms with Crippen LogP contribution in [0, 0.1) is 6.92 Å². The van der Waals surface area contributed by atoms with Crippen LogP contribution >= 0.6 is 0 Å². The number of benzene rings is 1. The predicted molar refractivity (Wildman–Crippen MR) is 59.0 cm³/mol. The summed E-state index contributed by atoms with van der Waals surface area (Å²) in [5, 5.41) is 0. The minimum absolute atomic E-state index is 0.396. The minimum atomic E-state index is -0.396. The first-order chi connectivity index (χ1) is 7.16. The Kier molecular flexibility index (Phi) is 2.29. The van der Waals surface area contributed by atoms with E-state index in [1.807, 2.05) is 42.1 Å². The Bertz CT molecular complexity index is 486. The molecule has 0 saturated carbocycles. The summed E-state index contributed by atoms with van der Waals surface area (Å²) in [5.41, 5.74) is 7.77. The van der Waals surface area contributed by atoms with Gasteiger partial charge in [0, 0.05) is 23.6 Å². The van der Waals surface area contributed by atoms with Crippen molar-refractivity contribution in [2.75, 3.05) is 0 Å². The first-order valence-corrected chi connectivity index (χ1v) is 4.71. The normalized spacial score (nSPS) is 10.2. The van der Waals surface area contributed by atoms with E-state index >= 15 is 0 Å². The molecular weight excluding hydrogens is 188 g/mol. The molecule has 0 spiro atoms. The highest BCUT2D eigenvalue weighted by Crippen LogP contribution is 2.13. The number of nitrogens with two attached hydrogens (primary N) is 1. The maximum atomic E-state index is 11.1. The Hall–Kier alpha value is -2.03. The summed E-state index contributed by atoms with van der Waals surface area (Å²) < 4.78 is 1.94. The Morgan fingerprint density at radius 1 is 1.20 bits per heavy atom. The van der Waals surface area contributed by atoms with Crippen LogP contribution in [0.25, 0.3) is 5.69 Å². The van der Waals surface area contributed by atoms with E-state index in [4.69, 9.17) is 5.73 Å². The zero-order valence-corrected chi connectivity index (χ0v) is 8.47. The molecule has 0 aliphatic rings. The van der Waals surface area contributed by atoms with Crippen molar-refractivity contribution < 1.29 is 4.79 Å². The molecule has 0 atom stereocenters. The van der Waals surface area contributed by atoms with Crippen molar-refractivity contribution in [3.05, 3.63) is 53.9 Å². The fourth-order valence-electron chi connectivity index (χ4n) is 1.56. The van der Waals surface area contributed by atoms with Gasteiger partial charge in [-0.15, -0.1) is 0 Å². The molecule has 1 aromatic carbocycles. The molecule has 0 bridgehead atoms. The molecule has 0 unspecified atom stereocenters. The Labute approximate surface area is 88.1 Å². The highest BCUT2D eigenvalue weighted by Gasteiger charge is 2.04. The topological polar surface area (TPSA) is 48.0 Å². The second kappa shape index (κ2) is 3.61. The van der Waals surface area contributed by atoms with Gasteiger partial charge in [0.25, 0.3) is 0 Å². The maximum Gasteiger partial charge on any atom is 0.248 e. The lowest BCUT2D eigenvalue weighted by Gasteiger charge is -2.06. The number of amides is 1. The summed E-state index contributed by atoms with van der Waals surface area (Å²) >= 11 is 0. The molecule has 1 aromatic heterocycles. The fourth-order valence-corrected chi connectivity index (χ4v) is 1.56. The van der Waals surface area contributed by atoms with Crippen molar-refractivity contribution in [2.45, 2.75) is 6.92 Å². The highest BCUT2D eigenvalue weighted by atomic mass is 16.1. The number of aryl methyl sites for hydroxylation is 1. The van der Waals surface area contributed by atoms with Crippen LogP contribution < -0.4 is 5.73 Å². The molecule has 2 rings (SSSR count). The van der Waals surface area contributed by atoms with Crippen molar-refractivity contribution in [1.82, 2.24) is 4.57 Å². The van der Waals surface area contributed by atoms with Gasteiger partial charge in [0.15, 0.2) is 0 Å². The first kappa shape index (κ1) is 9.52. The van der Waals surface area contributed by atoms with Crippen LogP contribution in [0.1, 0.15) is 15.9 Å². The summed E-state index contributed by atoms with van der Waals surface area (Å²) in [6.07, 6.45) is 3.86. The van der Waals surface area contributed by atoms with Crippen LogP contribution in [0.4, 0.5) is 0 Å². The molecule has 76 valence electrons. The van der Waals surface area contributed by atoms with Gasteiger partial charge < -0.3 is 10.3 Å². The quantitative estimate of drug-likeness (QED) is 0.790. The molecular formula is C12H12N2O. The second-order valence-electron chi connectivity index (χ2n) is 3.51. The van der Waals surface area contributed by atoms with E-state index in [1.165, 1.54) is 0 Å². The second-order valence-corrected chi connectivity index (χ2v) is 3.51. The molecule has 0 aliphatic carbocycles. The van der Waals surface area contributed by atoms with Gasteiger partial charge in [0.1, 0.15) is 0 Å². The standard InChI is InChI=1S/C12H12N2O/c1-9-6-10(12(13)15)8-11(7-9)14-4-2-3-5-14/h2-8H,1H3,(H2,13,15). The van der Waals surface area contributed by atoms with Crippen molar-refractivity contribution in [3.8, 4) is 5.69 Å². The zero-order valence-electron chi connectivity index (χ0n) is 8.47. The van der Waals surface area contributed by atoms with Gasteiger partial charge in [-0.3, -0.25) is 4.79 Å². The highest BCUT2D eigenvalue weighted by molar-refractivity contribution is 5.93. The Morgan fingerprint density at radius 3 is 2.47 bits per heavy atom. The van der Waals surface area contributed by atoms with Gasteiger partial charge >= 0.3 is 0 Å². The molecule has 2 N–H and O–H groups in total. The van der Waals surface area contributed by atoms with Gasteiger partial charge in [-0.2, -0.15) is 0 Å². The average molecular weight is 200 g/mol. The van der Waals surface area contributed by atoms with Gasteiger partial charge in [-0.05, 0) is 42.8 Å². The Balaban J connectivity index is 2.54. The van der Waals surface area contributed by atoms with Gasteiger partial charge in [-0.25, -0.2) is 0 Å². The summed E-state index contributed by atoms with van der Waals surface area (Å²) in [7, 11) is 0. The number of hydrogen-bond acceptors (Lipinski definition) is 1. The number of aromatic nitrogens is 1. The van der Waals surface area contributed by atoms with E-state index in [-0.39, 0.29) is 0 Å². The number of rotatable bonds is 2. The lowest BCUT2D eigenvalue weighted by atomic mass is 10.1. The molecule has 15 heavy (non-hydrogen) atoms. The fraction of sp³-hybridized carbons (Fsp3) is 0.0833. The van der Waals surface area contributed by atoms with Crippen LogP contribution in [0.2, 0.25) is 0 Å². The molecule has 3 nitrogen and oxygen atoms in total. The molecule has 2 aromatic rings. The van der Waals surface area contributed by atoms with E-state index in [0.29, 0.717) is 5.56 Å². The van der Waals surface area contributed by atoms with Gasteiger partial charge in [0.05, 0.1) is 0 Å².